The van der Waals surface area contributed by atoms with Gasteiger partial charge in [-0.05, 0) is 6.42 Å². The van der Waals surface area contributed by atoms with Crippen LogP contribution < -0.4 is 0 Å². The van der Waals surface area contributed by atoms with Gasteiger partial charge >= 0.3 is 0 Å². The molecule has 3 heteroatoms. The number of nitrogens with zero attached hydrogens (tertiary/aromatic N) is 2. The molecule has 13 heavy (non-hydrogen) atoms. The van der Waals surface area contributed by atoms with E-state index in [0.29, 0.717) is 5.92 Å². The molecule has 0 aliphatic carbocycles. The lowest BCUT2D eigenvalue weighted by molar-refractivity contribution is 0.181. The van der Waals surface area contributed by atoms with Crippen molar-refractivity contribution < 1.29 is 4.74 Å². The normalized spacial score (nSPS) is 21.6. The Labute approximate surface area is 77.7 Å². The molecule has 0 spiro atoms. The van der Waals surface area contributed by atoms with Gasteiger partial charge in [-0.2, -0.15) is 5.10 Å². The zero-order valence-electron chi connectivity index (χ0n) is 7.44. The maximum absolute atomic E-state index is 5.28. The van der Waals surface area contributed by atoms with Crippen molar-refractivity contribution >= 4 is 0 Å². The van der Waals surface area contributed by atoms with E-state index in [1.807, 2.05) is 10.9 Å². The van der Waals surface area contributed by atoms with Crippen LogP contribution in [-0.4, -0.2) is 23.0 Å². The molecule has 1 atom stereocenters. The Hall–Kier alpha value is -1.27. The van der Waals surface area contributed by atoms with Crippen LogP contribution in [0.25, 0.3) is 0 Å². The summed E-state index contributed by atoms with van der Waals surface area (Å²) in [5, 5.41) is 4.17. The van der Waals surface area contributed by atoms with Gasteiger partial charge in [0, 0.05) is 25.3 Å². The van der Waals surface area contributed by atoms with Gasteiger partial charge in [0.1, 0.15) is 0 Å². The topological polar surface area (TPSA) is 27.1 Å². The maximum Gasteiger partial charge on any atom is 0.0646 e. The minimum atomic E-state index is 0.602. The van der Waals surface area contributed by atoms with Gasteiger partial charge in [-0.3, -0.25) is 4.68 Å². The van der Waals surface area contributed by atoms with Crippen LogP contribution in [0.4, 0.5) is 0 Å². The van der Waals surface area contributed by atoms with Crippen molar-refractivity contribution in [2.75, 3.05) is 13.2 Å². The predicted molar refractivity (Wildman–Crippen MR) is 49.1 cm³/mol. The number of aromatic nitrogens is 2. The van der Waals surface area contributed by atoms with Crippen molar-refractivity contribution in [1.82, 2.24) is 9.78 Å². The van der Waals surface area contributed by atoms with Gasteiger partial charge < -0.3 is 4.74 Å². The summed E-state index contributed by atoms with van der Waals surface area (Å²) in [6.07, 6.45) is 9.99. The highest BCUT2D eigenvalue weighted by atomic mass is 16.5. The van der Waals surface area contributed by atoms with Crippen LogP contribution in [0.5, 0.6) is 0 Å². The Morgan fingerprint density at radius 3 is 3.31 bits per heavy atom. The van der Waals surface area contributed by atoms with Crippen molar-refractivity contribution in [2.24, 2.45) is 5.92 Å². The first-order valence-electron chi connectivity index (χ1n) is 4.45. The van der Waals surface area contributed by atoms with Crippen LogP contribution in [-0.2, 0) is 11.3 Å². The van der Waals surface area contributed by atoms with E-state index in [1.165, 1.54) is 0 Å². The Morgan fingerprint density at radius 1 is 1.77 bits per heavy atom. The summed E-state index contributed by atoms with van der Waals surface area (Å²) < 4.78 is 7.18. The summed E-state index contributed by atoms with van der Waals surface area (Å²) in [7, 11) is 0. The molecule has 1 aliphatic heterocycles. The van der Waals surface area contributed by atoms with E-state index < -0.39 is 0 Å². The standard InChI is InChI=1S/C10H12N2O/c1-2-9-5-11-12(6-9)7-10-3-4-13-8-10/h1,5-6,10H,3-4,7-8H2/t10-/m1/s1. The van der Waals surface area contributed by atoms with Crippen LogP contribution in [0.2, 0.25) is 0 Å². The fourth-order valence-electron chi connectivity index (χ4n) is 1.53. The summed E-state index contributed by atoms with van der Waals surface area (Å²) >= 11 is 0. The number of ether oxygens (including phenoxy) is 1. The van der Waals surface area contributed by atoms with Crippen molar-refractivity contribution in [2.45, 2.75) is 13.0 Å². The Morgan fingerprint density at radius 2 is 2.69 bits per heavy atom. The minimum absolute atomic E-state index is 0.602. The summed E-state index contributed by atoms with van der Waals surface area (Å²) in [4.78, 5) is 0. The highest BCUT2D eigenvalue weighted by Crippen LogP contribution is 2.14. The summed E-state index contributed by atoms with van der Waals surface area (Å²) in [6, 6.07) is 0. The second kappa shape index (κ2) is 3.63. The van der Waals surface area contributed by atoms with Gasteiger partial charge in [-0.25, -0.2) is 0 Å². The van der Waals surface area contributed by atoms with E-state index in [4.69, 9.17) is 11.2 Å². The van der Waals surface area contributed by atoms with Gasteiger partial charge in [-0.15, -0.1) is 6.42 Å². The number of hydrogen-bond donors (Lipinski definition) is 0. The Bertz CT molecular complexity index is 318. The first-order chi connectivity index (χ1) is 6.38. The largest absolute Gasteiger partial charge is 0.381 e. The molecule has 1 aromatic heterocycles. The summed E-state index contributed by atoms with van der Waals surface area (Å²) in [5.74, 6) is 3.16. The molecule has 1 fully saturated rings. The molecule has 68 valence electrons. The molecule has 1 aromatic rings. The number of hydrogen-bond acceptors (Lipinski definition) is 2. The van der Waals surface area contributed by atoms with Gasteiger partial charge in [0.05, 0.1) is 18.4 Å². The van der Waals surface area contributed by atoms with Gasteiger partial charge in [-0.1, -0.05) is 5.92 Å². The zero-order chi connectivity index (χ0) is 9.10. The first kappa shape index (κ1) is 8.33. The van der Waals surface area contributed by atoms with Crippen LogP contribution in [0.1, 0.15) is 12.0 Å². The van der Waals surface area contributed by atoms with Gasteiger partial charge in [0.25, 0.3) is 0 Å². The van der Waals surface area contributed by atoms with Gasteiger partial charge in [0.2, 0.25) is 0 Å². The fourth-order valence-corrected chi connectivity index (χ4v) is 1.53. The van der Waals surface area contributed by atoms with E-state index >= 15 is 0 Å². The Balaban J connectivity index is 1.97. The van der Waals surface area contributed by atoms with Crippen molar-refractivity contribution in [3.63, 3.8) is 0 Å². The molecule has 0 bridgehead atoms. The molecular weight excluding hydrogens is 164 g/mol. The molecule has 2 heterocycles. The maximum atomic E-state index is 5.28. The minimum Gasteiger partial charge on any atom is -0.381 e. The van der Waals surface area contributed by atoms with Crippen molar-refractivity contribution in [3.8, 4) is 12.3 Å². The highest BCUT2D eigenvalue weighted by Gasteiger charge is 2.16. The van der Waals surface area contributed by atoms with Crippen molar-refractivity contribution in [1.29, 1.82) is 0 Å². The molecule has 0 aromatic carbocycles. The third kappa shape index (κ3) is 1.90. The molecule has 0 unspecified atom stereocenters. The van der Waals surface area contributed by atoms with E-state index in [0.717, 1.165) is 31.7 Å². The smallest absolute Gasteiger partial charge is 0.0646 e. The predicted octanol–water partition coefficient (Wildman–Crippen LogP) is 0.901. The second-order valence-corrected chi connectivity index (χ2v) is 3.33. The fraction of sp³-hybridized carbons (Fsp3) is 0.500. The molecule has 0 radical (unpaired) electrons. The highest BCUT2D eigenvalue weighted by molar-refractivity contribution is 5.26. The van der Waals surface area contributed by atoms with E-state index in [9.17, 15) is 0 Å². The molecule has 3 nitrogen and oxygen atoms in total. The Kier molecular flexibility index (Phi) is 2.33. The third-order valence-corrected chi connectivity index (χ3v) is 2.27. The van der Waals surface area contributed by atoms with Crippen LogP contribution >= 0.6 is 0 Å². The quantitative estimate of drug-likeness (QED) is 0.626. The lowest BCUT2D eigenvalue weighted by Gasteiger charge is -2.06. The van der Waals surface area contributed by atoms with E-state index in [2.05, 4.69) is 11.0 Å². The van der Waals surface area contributed by atoms with Crippen LogP contribution in [0, 0.1) is 18.3 Å². The molecule has 2 rings (SSSR count). The second-order valence-electron chi connectivity index (χ2n) is 3.33. The SMILES string of the molecule is C#Cc1cnn(C[C@H]2CCOC2)c1. The van der Waals surface area contributed by atoms with Crippen LogP contribution in [0.15, 0.2) is 12.4 Å². The molecule has 0 amide bonds. The van der Waals surface area contributed by atoms with Crippen LogP contribution in [0.3, 0.4) is 0 Å². The zero-order valence-corrected chi connectivity index (χ0v) is 7.44. The van der Waals surface area contributed by atoms with Gasteiger partial charge in [0.15, 0.2) is 0 Å². The monoisotopic (exact) mass is 176 g/mol. The lowest BCUT2D eigenvalue weighted by atomic mass is 10.1. The number of rotatable bonds is 2. The molecular formula is C10H12N2O. The average molecular weight is 176 g/mol. The molecule has 0 saturated carbocycles. The number of terminal acetylenes is 1. The first-order valence-corrected chi connectivity index (χ1v) is 4.45. The molecule has 1 aliphatic rings. The molecule has 1 saturated heterocycles. The van der Waals surface area contributed by atoms with E-state index in [1.54, 1.807) is 6.20 Å². The summed E-state index contributed by atoms with van der Waals surface area (Å²) in [5.41, 5.74) is 0.846. The van der Waals surface area contributed by atoms with Crippen molar-refractivity contribution in [3.05, 3.63) is 18.0 Å². The summed E-state index contributed by atoms with van der Waals surface area (Å²) in [6.45, 7) is 2.65. The molecule has 0 N–H and O–H groups in total. The van der Waals surface area contributed by atoms with E-state index in [-0.39, 0.29) is 0 Å². The lowest BCUT2D eigenvalue weighted by Crippen LogP contribution is -2.10. The average Bonchev–Trinajstić information content (AvgIpc) is 2.76. The third-order valence-electron chi connectivity index (χ3n) is 2.27.